The molecule has 1 heterocycles. The normalized spacial score (nSPS) is 12.7. The predicted octanol–water partition coefficient (Wildman–Crippen LogP) is 0.0308. The van der Waals surface area contributed by atoms with E-state index in [4.69, 9.17) is 12.2 Å². The standard InChI is InChI=1S/C10H17N3O4S2/c1-6-10(2,3)12-7(14)11(4)9(18)13(8(12)15)19(5,16)17/h6H2,1-5H3. The second-order valence-corrected chi connectivity index (χ2v) is 7.13. The Balaban J connectivity index is 4.13. The maximum absolute atomic E-state index is 12.3. The SMILES string of the molecule is CCC(C)(C)n1c(=O)n(C)c(=S)n(S(C)(=O)=O)c1=O. The van der Waals surface area contributed by atoms with Gasteiger partial charge in [0.25, 0.3) is 0 Å². The van der Waals surface area contributed by atoms with E-state index in [0.29, 0.717) is 10.4 Å². The molecule has 0 aliphatic carbocycles. The van der Waals surface area contributed by atoms with Crippen LogP contribution >= 0.6 is 12.2 Å². The van der Waals surface area contributed by atoms with Crippen LogP contribution in [0.2, 0.25) is 0 Å². The number of rotatable bonds is 3. The summed E-state index contributed by atoms with van der Waals surface area (Å²) >= 11 is 4.87. The van der Waals surface area contributed by atoms with Crippen molar-refractivity contribution in [2.45, 2.75) is 32.7 Å². The quantitative estimate of drug-likeness (QED) is 0.736. The van der Waals surface area contributed by atoms with E-state index in [0.717, 1.165) is 15.4 Å². The first-order chi connectivity index (χ1) is 8.45. The highest BCUT2D eigenvalue weighted by Crippen LogP contribution is 2.14. The van der Waals surface area contributed by atoms with Crippen LogP contribution in [-0.2, 0) is 22.6 Å². The number of hydrogen-bond donors (Lipinski definition) is 0. The fraction of sp³-hybridized carbons (Fsp3) is 0.700. The lowest BCUT2D eigenvalue weighted by atomic mass is 10.0. The molecule has 1 rings (SSSR count). The summed E-state index contributed by atoms with van der Waals surface area (Å²) in [6, 6.07) is 0. The molecule has 1 aromatic heterocycles. The third-order valence-electron chi connectivity index (χ3n) is 3.11. The molecule has 0 aliphatic rings. The minimum absolute atomic E-state index is 0.333. The van der Waals surface area contributed by atoms with E-state index in [-0.39, 0.29) is 4.77 Å². The van der Waals surface area contributed by atoms with E-state index in [9.17, 15) is 18.0 Å². The summed E-state index contributed by atoms with van der Waals surface area (Å²) in [5, 5.41) is 0. The molecule has 0 aliphatic heterocycles. The molecule has 108 valence electrons. The van der Waals surface area contributed by atoms with E-state index in [2.05, 4.69) is 0 Å². The maximum atomic E-state index is 12.3. The van der Waals surface area contributed by atoms with Crippen LogP contribution in [-0.4, -0.2) is 27.8 Å². The Kier molecular flexibility index (Phi) is 3.93. The molecule has 9 heteroatoms. The van der Waals surface area contributed by atoms with Crippen LogP contribution in [0.3, 0.4) is 0 Å². The Labute approximate surface area is 116 Å². The van der Waals surface area contributed by atoms with Crippen molar-refractivity contribution in [2.75, 3.05) is 6.26 Å². The van der Waals surface area contributed by atoms with Crippen molar-refractivity contribution in [3.63, 3.8) is 0 Å². The average molecular weight is 307 g/mol. The second-order valence-electron chi connectivity index (χ2n) is 4.94. The first-order valence-electron chi connectivity index (χ1n) is 5.61. The van der Waals surface area contributed by atoms with Gasteiger partial charge in [-0.2, -0.15) is 3.97 Å². The zero-order chi connectivity index (χ0) is 15.2. The minimum Gasteiger partial charge on any atom is -0.272 e. The summed E-state index contributed by atoms with van der Waals surface area (Å²) in [5.74, 6) is 0. The summed E-state index contributed by atoms with van der Waals surface area (Å²) in [6.07, 6.45) is 1.36. The lowest BCUT2D eigenvalue weighted by Gasteiger charge is -2.26. The van der Waals surface area contributed by atoms with E-state index in [1.165, 1.54) is 7.05 Å². The van der Waals surface area contributed by atoms with Crippen LogP contribution in [0.4, 0.5) is 0 Å². The average Bonchev–Trinajstić information content (AvgIpc) is 2.24. The van der Waals surface area contributed by atoms with Gasteiger partial charge in [0.1, 0.15) is 0 Å². The lowest BCUT2D eigenvalue weighted by molar-refractivity contribution is 0.300. The Hall–Kier alpha value is -1.22. The Morgan fingerprint density at radius 1 is 1.21 bits per heavy atom. The summed E-state index contributed by atoms with van der Waals surface area (Å²) in [6.45, 7) is 5.18. The molecule has 0 N–H and O–H groups in total. The van der Waals surface area contributed by atoms with Gasteiger partial charge in [-0.15, -0.1) is 0 Å². The maximum Gasteiger partial charge on any atom is 0.349 e. The Morgan fingerprint density at radius 2 is 1.68 bits per heavy atom. The fourth-order valence-corrected chi connectivity index (χ4v) is 2.92. The predicted molar refractivity (Wildman–Crippen MR) is 74.6 cm³/mol. The number of nitrogens with zero attached hydrogens (tertiary/aromatic N) is 3. The van der Waals surface area contributed by atoms with Gasteiger partial charge < -0.3 is 0 Å². The molecule has 0 fully saturated rings. The molecule has 19 heavy (non-hydrogen) atoms. The zero-order valence-corrected chi connectivity index (χ0v) is 13.1. The van der Waals surface area contributed by atoms with Crippen molar-refractivity contribution in [3.05, 3.63) is 25.7 Å². The molecule has 0 aromatic carbocycles. The summed E-state index contributed by atoms with van der Waals surface area (Å²) in [7, 11) is -2.53. The van der Waals surface area contributed by atoms with E-state index in [1.54, 1.807) is 20.8 Å². The van der Waals surface area contributed by atoms with Gasteiger partial charge in [-0.25, -0.2) is 22.6 Å². The molecule has 1 aromatic rings. The van der Waals surface area contributed by atoms with Gasteiger partial charge in [-0.05, 0) is 32.5 Å². The fourth-order valence-electron chi connectivity index (χ4n) is 1.58. The van der Waals surface area contributed by atoms with Gasteiger partial charge in [0.05, 0.1) is 6.26 Å². The van der Waals surface area contributed by atoms with Crippen LogP contribution in [0.1, 0.15) is 27.2 Å². The van der Waals surface area contributed by atoms with Crippen LogP contribution < -0.4 is 11.4 Å². The highest BCUT2D eigenvalue weighted by molar-refractivity contribution is 7.89. The largest absolute Gasteiger partial charge is 0.349 e. The molecule has 0 saturated heterocycles. The van der Waals surface area contributed by atoms with Crippen LogP contribution in [0.5, 0.6) is 0 Å². The first-order valence-corrected chi connectivity index (χ1v) is 7.87. The Bertz CT molecular complexity index is 780. The second kappa shape index (κ2) is 4.71. The smallest absolute Gasteiger partial charge is 0.272 e. The zero-order valence-electron chi connectivity index (χ0n) is 11.5. The van der Waals surface area contributed by atoms with E-state index in [1.807, 2.05) is 0 Å². The minimum atomic E-state index is -3.87. The van der Waals surface area contributed by atoms with Gasteiger partial charge in [0.2, 0.25) is 14.8 Å². The molecule has 0 atom stereocenters. The molecule has 0 bridgehead atoms. The summed E-state index contributed by atoms with van der Waals surface area (Å²) < 4.78 is 25.4. The van der Waals surface area contributed by atoms with Crippen LogP contribution in [0, 0.1) is 4.77 Å². The van der Waals surface area contributed by atoms with Crippen molar-refractivity contribution in [1.82, 2.24) is 13.1 Å². The Morgan fingerprint density at radius 3 is 2.05 bits per heavy atom. The molecule has 0 radical (unpaired) electrons. The van der Waals surface area contributed by atoms with E-state index < -0.39 is 26.9 Å². The number of hydrogen-bond acceptors (Lipinski definition) is 5. The van der Waals surface area contributed by atoms with Gasteiger partial charge >= 0.3 is 11.4 Å². The van der Waals surface area contributed by atoms with Gasteiger partial charge in [-0.1, -0.05) is 6.92 Å². The van der Waals surface area contributed by atoms with Gasteiger partial charge in [0.15, 0.2) is 0 Å². The lowest BCUT2D eigenvalue weighted by Crippen LogP contribution is -2.53. The topological polar surface area (TPSA) is 83.1 Å². The highest BCUT2D eigenvalue weighted by atomic mass is 32.2. The van der Waals surface area contributed by atoms with E-state index >= 15 is 0 Å². The van der Waals surface area contributed by atoms with Crippen molar-refractivity contribution in [3.8, 4) is 0 Å². The highest BCUT2D eigenvalue weighted by Gasteiger charge is 2.27. The summed E-state index contributed by atoms with van der Waals surface area (Å²) in [5.41, 5.74) is -2.36. The monoisotopic (exact) mass is 307 g/mol. The third kappa shape index (κ3) is 2.57. The molecule has 0 saturated carbocycles. The molecular weight excluding hydrogens is 290 g/mol. The van der Waals surface area contributed by atoms with Crippen LogP contribution in [0.15, 0.2) is 9.59 Å². The molecular formula is C10H17N3O4S2. The molecule has 0 unspecified atom stereocenters. The van der Waals surface area contributed by atoms with Gasteiger partial charge in [0, 0.05) is 12.6 Å². The van der Waals surface area contributed by atoms with Crippen molar-refractivity contribution in [2.24, 2.45) is 7.05 Å². The third-order valence-corrected chi connectivity index (χ3v) is 4.67. The molecule has 0 spiro atoms. The van der Waals surface area contributed by atoms with Gasteiger partial charge in [-0.3, -0.25) is 4.57 Å². The van der Waals surface area contributed by atoms with Crippen molar-refractivity contribution in [1.29, 1.82) is 0 Å². The first kappa shape index (κ1) is 15.8. The van der Waals surface area contributed by atoms with Crippen molar-refractivity contribution < 1.29 is 8.42 Å². The molecule has 7 nitrogen and oxygen atoms in total. The van der Waals surface area contributed by atoms with Crippen LogP contribution in [0.25, 0.3) is 0 Å². The van der Waals surface area contributed by atoms with Crippen molar-refractivity contribution >= 4 is 22.2 Å². The molecule has 0 amide bonds. The summed E-state index contributed by atoms with van der Waals surface area (Å²) in [4.78, 5) is 24.4. The number of aromatic nitrogens is 3.